The van der Waals surface area contributed by atoms with E-state index >= 15 is 0 Å². The second kappa shape index (κ2) is 62.0. The van der Waals surface area contributed by atoms with Crippen LogP contribution in [-0.2, 0) is 27.9 Å². The summed E-state index contributed by atoms with van der Waals surface area (Å²) in [5.41, 5.74) is 0. The SMILES string of the molecule is CC/C=C\C/C=C\C/C=C\C/C=C\C/C=C\C/C=C\CCCCCCC(=O)NC(COP(=O)(O)OCC[N+](C)(C)C)C(/C=C/CCCCCCCCCCCC)OC(=O)CCCCCCCCC/C=C\C/C=C\C/C=C\C/C=C\C/C=C\CC. The van der Waals surface area contributed by atoms with Crippen LogP contribution in [0.5, 0.6) is 0 Å². The average Bonchev–Trinajstić information content (AvgIpc) is 3.64. The number of nitrogens with one attached hydrogen (secondary N) is 1. The van der Waals surface area contributed by atoms with E-state index in [1.165, 1.54) is 70.6 Å². The van der Waals surface area contributed by atoms with Gasteiger partial charge in [-0.2, -0.15) is 0 Å². The number of allylic oxidation sites excluding steroid dienone is 23. The summed E-state index contributed by atoms with van der Waals surface area (Å²) >= 11 is 0. The van der Waals surface area contributed by atoms with Gasteiger partial charge in [-0.15, -0.1) is 0 Å². The molecule has 0 aromatic heterocycles. The van der Waals surface area contributed by atoms with Gasteiger partial charge in [-0.05, 0) is 128 Å². The van der Waals surface area contributed by atoms with Gasteiger partial charge < -0.3 is 19.4 Å². The van der Waals surface area contributed by atoms with Crippen molar-refractivity contribution in [2.75, 3.05) is 40.9 Å². The molecular formula is C74H126N2O7P+. The van der Waals surface area contributed by atoms with Gasteiger partial charge in [0.2, 0.25) is 5.91 Å². The Morgan fingerprint density at radius 3 is 1.14 bits per heavy atom. The first-order chi connectivity index (χ1) is 40.9. The second-order valence-electron chi connectivity index (χ2n) is 23.2. The maximum Gasteiger partial charge on any atom is 0.472 e. The molecule has 0 saturated carbocycles. The van der Waals surface area contributed by atoms with E-state index in [1.54, 1.807) is 0 Å². The normalized spacial score (nSPS) is 14.5. The summed E-state index contributed by atoms with van der Waals surface area (Å²) in [5.74, 6) is -0.556. The molecule has 0 spiro atoms. The van der Waals surface area contributed by atoms with Crippen LogP contribution >= 0.6 is 7.82 Å². The molecule has 478 valence electrons. The van der Waals surface area contributed by atoms with Crippen LogP contribution < -0.4 is 5.32 Å². The van der Waals surface area contributed by atoms with Crippen LogP contribution in [0.1, 0.15) is 258 Å². The Morgan fingerprint density at radius 2 is 0.762 bits per heavy atom. The van der Waals surface area contributed by atoms with Crippen molar-refractivity contribution in [2.24, 2.45) is 0 Å². The van der Waals surface area contributed by atoms with Crippen molar-refractivity contribution in [3.63, 3.8) is 0 Å². The van der Waals surface area contributed by atoms with Gasteiger partial charge in [0.25, 0.3) is 0 Å². The van der Waals surface area contributed by atoms with E-state index < -0.39 is 20.0 Å². The maximum atomic E-state index is 13.6. The third-order valence-electron chi connectivity index (χ3n) is 14.0. The molecule has 3 atom stereocenters. The first kappa shape index (κ1) is 79.9. The van der Waals surface area contributed by atoms with E-state index in [4.69, 9.17) is 13.8 Å². The lowest BCUT2D eigenvalue weighted by atomic mass is 10.0. The zero-order chi connectivity index (χ0) is 61.4. The Labute approximate surface area is 517 Å². The average molecular weight is 1190 g/mol. The van der Waals surface area contributed by atoms with E-state index in [0.29, 0.717) is 30.3 Å². The number of hydrogen-bond donors (Lipinski definition) is 2. The molecular weight excluding hydrogens is 1060 g/mol. The van der Waals surface area contributed by atoms with Gasteiger partial charge in [-0.1, -0.05) is 263 Å². The van der Waals surface area contributed by atoms with E-state index in [2.05, 4.69) is 160 Å². The number of hydrogen-bond acceptors (Lipinski definition) is 6. The highest BCUT2D eigenvalue weighted by Crippen LogP contribution is 2.43. The predicted octanol–water partition coefficient (Wildman–Crippen LogP) is 21.4. The van der Waals surface area contributed by atoms with Crippen LogP contribution in [0.3, 0.4) is 0 Å². The van der Waals surface area contributed by atoms with E-state index in [1.807, 2.05) is 33.3 Å². The minimum absolute atomic E-state index is 0.0245. The summed E-state index contributed by atoms with van der Waals surface area (Å²) in [5, 5.41) is 3.04. The second-order valence-corrected chi connectivity index (χ2v) is 24.7. The van der Waals surface area contributed by atoms with Gasteiger partial charge in [0.1, 0.15) is 19.3 Å². The number of quaternary nitrogens is 1. The summed E-state index contributed by atoms with van der Waals surface area (Å²) in [4.78, 5) is 37.8. The fraction of sp³-hybridized carbons (Fsp3) is 0.649. The van der Waals surface area contributed by atoms with E-state index in [-0.39, 0.29) is 31.5 Å². The van der Waals surface area contributed by atoms with Crippen molar-refractivity contribution in [1.82, 2.24) is 5.32 Å². The zero-order valence-corrected chi connectivity index (χ0v) is 55.5. The van der Waals surface area contributed by atoms with Crippen LogP contribution in [0.15, 0.2) is 146 Å². The summed E-state index contributed by atoms with van der Waals surface area (Å²) in [6.45, 7) is 6.74. The molecule has 0 heterocycles. The summed E-state index contributed by atoms with van der Waals surface area (Å²) in [6.07, 6.45) is 89.9. The van der Waals surface area contributed by atoms with Crippen molar-refractivity contribution in [3.8, 4) is 0 Å². The van der Waals surface area contributed by atoms with Crippen molar-refractivity contribution >= 4 is 19.7 Å². The van der Waals surface area contributed by atoms with E-state index in [0.717, 1.165) is 141 Å². The number of rotatable bonds is 59. The van der Waals surface area contributed by atoms with Crippen LogP contribution in [-0.4, -0.2) is 74.3 Å². The highest BCUT2D eigenvalue weighted by Gasteiger charge is 2.30. The molecule has 0 radical (unpaired) electrons. The number of nitrogens with zero attached hydrogens (tertiary/aromatic N) is 1. The smallest absolute Gasteiger partial charge is 0.456 e. The Balaban J connectivity index is 5.25. The molecule has 0 saturated heterocycles. The predicted molar refractivity (Wildman–Crippen MR) is 364 cm³/mol. The fourth-order valence-electron chi connectivity index (χ4n) is 8.91. The minimum Gasteiger partial charge on any atom is -0.456 e. The Bertz CT molecular complexity index is 1950. The van der Waals surface area contributed by atoms with Crippen molar-refractivity contribution in [3.05, 3.63) is 146 Å². The lowest BCUT2D eigenvalue weighted by molar-refractivity contribution is -0.870. The molecule has 10 heteroatoms. The number of likely N-dealkylation sites (N-methyl/N-ethyl adjacent to an activating group) is 1. The zero-order valence-electron chi connectivity index (χ0n) is 54.6. The van der Waals surface area contributed by atoms with Crippen LogP contribution in [0.25, 0.3) is 0 Å². The first-order valence-corrected chi connectivity index (χ1v) is 35.2. The Hall–Kier alpha value is -4.11. The molecule has 0 aliphatic heterocycles. The van der Waals surface area contributed by atoms with Crippen molar-refractivity contribution < 1.29 is 37.3 Å². The molecule has 0 bridgehead atoms. The topological polar surface area (TPSA) is 111 Å². The van der Waals surface area contributed by atoms with Gasteiger partial charge >= 0.3 is 13.8 Å². The fourth-order valence-corrected chi connectivity index (χ4v) is 9.65. The Morgan fingerprint density at radius 1 is 0.429 bits per heavy atom. The van der Waals surface area contributed by atoms with Gasteiger partial charge in [0.15, 0.2) is 0 Å². The van der Waals surface area contributed by atoms with Crippen LogP contribution in [0.4, 0.5) is 0 Å². The molecule has 84 heavy (non-hydrogen) atoms. The lowest BCUT2D eigenvalue weighted by Crippen LogP contribution is -2.47. The molecule has 1 amide bonds. The van der Waals surface area contributed by atoms with Gasteiger partial charge in [0, 0.05) is 12.8 Å². The van der Waals surface area contributed by atoms with Crippen molar-refractivity contribution in [1.29, 1.82) is 0 Å². The van der Waals surface area contributed by atoms with Gasteiger partial charge in [-0.25, -0.2) is 4.57 Å². The standard InChI is InChI=1S/C74H125N2O7P/c1-7-10-13-16-19-22-25-28-30-32-34-36-38-40-42-44-46-48-51-54-57-60-63-66-73(77)75-71(70-82-84(79,80)81-69-68-76(4,5)6)72(65-62-59-56-53-50-27-24-21-18-15-12-9-3)83-74(78)67-64-61-58-55-52-49-47-45-43-41-39-37-35-33-31-29-26-23-20-17-14-11-8-2/h10-11,13-14,19-20,22-23,28-31,34-37,40-43,46,48,62,65,71-72H,7-9,12,15-18,21,24-27,32-33,38-39,44-45,47,49-61,63-64,66-70H2,1-6H3,(H-,75,77,79,80)/p+1/b13-10-,14-11-,22-19-,23-20-,30-28-,31-29-,36-34-,37-35-,42-40-,43-41-,48-46-,65-62+. The monoisotopic (exact) mass is 1190 g/mol. The third-order valence-corrected chi connectivity index (χ3v) is 15.0. The molecule has 0 aliphatic rings. The number of unbranched alkanes of at least 4 members (excludes halogenated alkanes) is 21. The molecule has 0 aromatic rings. The maximum absolute atomic E-state index is 13.6. The molecule has 0 aliphatic carbocycles. The third kappa shape index (κ3) is 62.4. The summed E-state index contributed by atoms with van der Waals surface area (Å²) in [6, 6.07) is -0.879. The molecule has 3 unspecified atom stereocenters. The van der Waals surface area contributed by atoms with E-state index in [9.17, 15) is 19.0 Å². The van der Waals surface area contributed by atoms with Crippen molar-refractivity contribution in [2.45, 2.75) is 270 Å². The number of ether oxygens (including phenoxy) is 1. The van der Waals surface area contributed by atoms with Crippen LogP contribution in [0.2, 0.25) is 0 Å². The molecule has 9 nitrogen and oxygen atoms in total. The summed E-state index contributed by atoms with van der Waals surface area (Å²) in [7, 11) is 1.45. The van der Waals surface area contributed by atoms with Gasteiger partial charge in [0.05, 0.1) is 33.8 Å². The minimum atomic E-state index is -4.47. The first-order valence-electron chi connectivity index (χ1n) is 33.7. The highest BCUT2D eigenvalue weighted by atomic mass is 31.2. The number of phosphoric acid groups is 1. The lowest BCUT2D eigenvalue weighted by Gasteiger charge is -2.27. The molecule has 0 rings (SSSR count). The number of amides is 1. The quantitative estimate of drug-likeness (QED) is 0.0205. The molecule has 2 N–H and O–H groups in total. The number of carbonyl (C=O) groups is 2. The molecule has 0 fully saturated rings. The number of esters is 1. The number of phosphoric ester groups is 1. The highest BCUT2D eigenvalue weighted by molar-refractivity contribution is 7.47. The van der Waals surface area contributed by atoms with Crippen LogP contribution in [0, 0.1) is 0 Å². The summed E-state index contributed by atoms with van der Waals surface area (Å²) < 4.78 is 30.8. The molecule has 0 aromatic carbocycles. The number of carbonyl (C=O) groups excluding carboxylic acids is 2. The van der Waals surface area contributed by atoms with Gasteiger partial charge in [-0.3, -0.25) is 18.6 Å². The Kier molecular flexibility index (Phi) is 58.9. The largest absolute Gasteiger partial charge is 0.472 e.